The topological polar surface area (TPSA) is 105 Å². The Labute approximate surface area is 111 Å². The minimum absolute atomic E-state index is 0.216. The molecule has 0 radical (unpaired) electrons. The van der Waals surface area contributed by atoms with Crippen LogP contribution < -0.4 is 11.1 Å². The molecule has 0 atom stereocenters. The van der Waals surface area contributed by atoms with E-state index in [1.54, 1.807) is 25.1 Å². The fourth-order valence-electron chi connectivity index (χ4n) is 1.39. The van der Waals surface area contributed by atoms with Gasteiger partial charge in [-0.15, -0.1) is 0 Å². The Balaban J connectivity index is 2.50. The second-order valence-electron chi connectivity index (χ2n) is 3.85. The van der Waals surface area contributed by atoms with Gasteiger partial charge in [-0.05, 0) is 24.6 Å². The lowest BCUT2D eigenvalue weighted by Gasteiger charge is -2.08. The van der Waals surface area contributed by atoms with Crippen LogP contribution >= 0.6 is 0 Å². The Hall–Kier alpha value is -2.55. The molecule has 3 N–H and O–H groups in total. The molecule has 0 fully saturated rings. The number of nitrogens with zero attached hydrogens (tertiary/aromatic N) is 1. The number of nitrogens with one attached hydrogen (secondary N) is 1. The number of hydrogen-bond donors (Lipinski definition) is 2. The van der Waals surface area contributed by atoms with Crippen molar-refractivity contribution >= 4 is 17.6 Å². The lowest BCUT2D eigenvalue weighted by molar-refractivity contribution is -0.124. The molecule has 1 amide bonds. The number of esters is 1. The van der Waals surface area contributed by atoms with Gasteiger partial charge in [0, 0.05) is 12.2 Å². The van der Waals surface area contributed by atoms with E-state index in [2.05, 4.69) is 5.32 Å². The van der Waals surface area contributed by atoms with Crippen molar-refractivity contribution in [3.63, 3.8) is 0 Å². The van der Waals surface area contributed by atoms with Gasteiger partial charge in [-0.1, -0.05) is 6.07 Å². The number of carbonyl (C=O) groups is 2. The zero-order valence-electron chi connectivity index (χ0n) is 10.6. The van der Waals surface area contributed by atoms with Crippen LogP contribution in [-0.2, 0) is 9.53 Å². The first kappa shape index (κ1) is 14.5. The molecule has 0 saturated carbocycles. The molecule has 0 aliphatic rings. The summed E-state index contributed by atoms with van der Waals surface area (Å²) in [6, 6.07) is 6.80. The summed E-state index contributed by atoms with van der Waals surface area (Å²) >= 11 is 0. The predicted octanol–water partition coefficient (Wildman–Crippen LogP) is 0.764. The van der Waals surface area contributed by atoms with Crippen molar-refractivity contribution in [3.05, 3.63) is 29.3 Å². The minimum Gasteiger partial charge on any atom is -0.452 e. The molecule has 100 valence electrons. The zero-order valence-corrected chi connectivity index (χ0v) is 10.6. The number of hydrogen-bond acceptors (Lipinski definition) is 5. The molecular formula is C13H15N3O3. The van der Waals surface area contributed by atoms with Gasteiger partial charge in [0.1, 0.15) is 0 Å². The van der Waals surface area contributed by atoms with Gasteiger partial charge in [-0.25, -0.2) is 4.79 Å². The molecule has 19 heavy (non-hydrogen) atoms. The van der Waals surface area contributed by atoms with Crippen molar-refractivity contribution in [2.45, 2.75) is 13.3 Å². The monoisotopic (exact) mass is 261 g/mol. The van der Waals surface area contributed by atoms with Gasteiger partial charge >= 0.3 is 5.97 Å². The lowest BCUT2D eigenvalue weighted by atomic mass is 10.1. The second-order valence-corrected chi connectivity index (χ2v) is 3.85. The second kappa shape index (κ2) is 7.01. The smallest absolute Gasteiger partial charge is 0.338 e. The Morgan fingerprint density at radius 1 is 1.47 bits per heavy atom. The maximum absolute atomic E-state index is 11.7. The summed E-state index contributed by atoms with van der Waals surface area (Å²) in [5.74, 6) is -1.04. The van der Waals surface area contributed by atoms with Gasteiger partial charge in [0.15, 0.2) is 6.61 Å². The van der Waals surface area contributed by atoms with Crippen LogP contribution in [0.1, 0.15) is 22.3 Å². The lowest BCUT2D eigenvalue weighted by Crippen LogP contribution is -2.29. The van der Waals surface area contributed by atoms with Crippen LogP contribution in [0.4, 0.5) is 5.69 Å². The van der Waals surface area contributed by atoms with E-state index >= 15 is 0 Å². The maximum Gasteiger partial charge on any atom is 0.338 e. The number of benzene rings is 1. The van der Waals surface area contributed by atoms with Gasteiger partial charge in [-0.3, -0.25) is 4.79 Å². The molecule has 0 spiro atoms. The van der Waals surface area contributed by atoms with Gasteiger partial charge in [0.2, 0.25) is 0 Å². The molecule has 0 saturated heterocycles. The molecule has 1 aromatic carbocycles. The van der Waals surface area contributed by atoms with Crippen molar-refractivity contribution < 1.29 is 14.3 Å². The highest BCUT2D eigenvalue weighted by Crippen LogP contribution is 2.16. The standard InChI is InChI=1S/C13H15N3O3/c1-9-10(4-2-5-11(9)15)13(18)19-8-12(17)16-7-3-6-14/h2,4-5H,3,7-8,15H2,1H3,(H,16,17). The van der Waals surface area contributed by atoms with Crippen LogP contribution in [0.15, 0.2) is 18.2 Å². The van der Waals surface area contributed by atoms with E-state index in [1.165, 1.54) is 0 Å². The highest BCUT2D eigenvalue weighted by molar-refractivity contribution is 5.94. The van der Waals surface area contributed by atoms with E-state index in [1.807, 2.05) is 6.07 Å². The quantitative estimate of drug-likeness (QED) is 0.462. The van der Waals surface area contributed by atoms with Crippen LogP contribution in [0, 0.1) is 18.3 Å². The van der Waals surface area contributed by atoms with Crippen LogP contribution in [0.3, 0.4) is 0 Å². The average Bonchev–Trinajstić information content (AvgIpc) is 2.39. The van der Waals surface area contributed by atoms with Crippen molar-refractivity contribution in [3.8, 4) is 6.07 Å². The van der Waals surface area contributed by atoms with Crippen molar-refractivity contribution in [2.75, 3.05) is 18.9 Å². The minimum atomic E-state index is -0.597. The first-order valence-electron chi connectivity index (χ1n) is 5.72. The summed E-state index contributed by atoms with van der Waals surface area (Å²) < 4.78 is 4.87. The number of nitrogens with two attached hydrogens (primary N) is 1. The maximum atomic E-state index is 11.7. The molecule has 0 heterocycles. The number of amides is 1. The molecule has 1 aromatic rings. The molecule has 6 nitrogen and oxygen atoms in total. The predicted molar refractivity (Wildman–Crippen MR) is 69.1 cm³/mol. The number of anilines is 1. The third-order valence-electron chi connectivity index (χ3n) is 2.49. The first-order chi connectivity index (χ1) is 9.06. The van der Waals surface area contributed by atoms with E-state index < -0.39 is 11.9 Å². The van der Waals surface area contributed by atoms with Crippen molar-refractivity contribution in [2.24, 2.45) is 0 Å². The number of rotatable bonds is 5. The molecule has 6 heteroatoms. The number of ether oxygens (including phenoxy) is 1. The first-order valence-corrected chi connectivity index (χ1v) is 5.72. The van der Waals surface area contributed by atoms with Crippen LogP contribution in [-0.4, -0.2) is 25.0 Å². The summed E-state index contributed by atoms with van der Waals surface area (Å²) in [4.78, 5) is 23.0. The SMILES string of the molecule is Cc1c(N)cccc1C(=O)OCC(=O)NCCC#N. The Morgan fingerprint density at radius 3 is 2.89 bits per heavy atom. The molecule has 1 rings (SSSR count). The van der Waals surface area contributed by atoms with E-state index in [9.17, 15) is 9.59 Å². The fourth-order valence-corrected chi connectivity index (χ4v) is 1.39. The van der Waals surface area contributed by atoms with Gasteiger partial charge < -0.3 is 15.8 Å². The largest absolute Gasteiger partial charge is 0.452 e. The highest BCUT2D eigenvalue weighted by Gasteiger charge is 2.13. The van der Waals surface area contributed by atoms with E-state index in [-0.39, 0.29) is 19.6 Å². The summed E-state index contributed by atoms with van der Waals surface area (Å²) in [5.41, 5.74) is 7.13. The van der Waals surface area contributed by atoms with Crippen LogP contribution in [0.25, 0.3) is 0 Å². The molecule has 0 aromatic heterocycles. The summed E-state index contributed by atoms with van der Waals surface area (Å²) in [6.07, 6.45) is 0.216. The number of carbonyl (C=O) groups excluding carboxylic acids is 2. The Kier molecular flexibility index (Phi) is 5.35. The van der Waals surface area contributed by atoms with Crippen molar-refractivity contribution in [1.82, 2.24) is 5.32 Å². The van der Waals surface area contributed by atoms with Gasteiger partial charge in [-0.2, -0.15) is 5.26 Å². The Bertz CT molecular complexity index is 520. The number of nitriles is 1. The molecule has 0 unspecified atom stereocenters. The fraction of sp³-hybridized carbons (Fsp3) is 0.308. The zero-order chi connectivity index (χ0) is 14.3. The Morgan fingerprint density at radius 2 is 2.21 bits per heavy atom. The molecule has 0 aliphatic heterocycles. The van der Waals surface area contributed by atoms with E-state index in [4.69, 9.17) is 15.7 Å². The van der Waals surface area contributed by atoms with Gasteiger partial charge in [0.05, 0.1) is 18.1 Å². The normalized spacial score (nSPS) is 9.47. The third-order valence-corrected chi connectivity index (χ3v) is 2.49. The molecule has 0 aliphatic carbocycles. The van der Waals surface area contributed by atoms with Crippen LogP contribution in [0.2, 0.25) is 0 Å². The van der Waals surface area contributed by atoms with Crippen molar-refractivity contribution in [1.29, 1.82) is 5.26 Å². The molecular weight excluding hydrogens is 246 g/mol. The van der Waals surface area contributed by atoms with E-state index in [0.717, 1.165) is 0 Å². The summed E-state index contributed by atoms with van der Waals surface area (Å²) in [6.45, 7) is 1.57. The highest BCUT2D eigenvalue weighted by atomic mass is 16.5. The third kappa shape index (κ3) is 4.32. The van der Waals surface area contributed by atoms with Gasteiger partial charge in [0.25, 0.3) is 5.91 Å². The van der Waals surface area contributed by atoms with E-state index in [0.29, 0.717) is 16.8 Å². The summed E-state index contributed by atoms with van der Waals surface area (Å²) in [5, 5.41) is 10.8. The van der Waals surface area contributed by atoms with Crippen LogP contribution in [0.5, 0.6) is 0 Å². The number of nitrogen functional groups attached to an aromatic ring is 1. The summed E-state index contributed by atoms with van der Waals surface area (Å²) in [7, 11) is 0. The average molecular weight is 261 g/mol. The molecule has 0 bridgehead atoms.